The van der Waals surface area contributed by atoms with E-state index in [-0.39, 0.29) is 11.8 Å². The SMILES string of the molecule is CC[C@@H](Oc1ccc(OC)cc1)C(=O)Nc1ccccc1C(=O)NCCCOC. The monoisotopic (exact) mass is 400 g/mol. The third-order valence-corrected chi connectivity index (χ3v) is 4.24. The van der Waals surface area contributed by atoms with E-state index in [1.165, 1.54) is 0 Å². The van der Waals surface area contributed by atoms with Crippen molar-refractivity contribution in [2.75, 3.05) is 32.7 Å². The highest BCUT2D eigenvalue weighted by Crippen LogP contribution is 2.20. The summed E-state index contributed by atoms with van der Waals surface area (Å²) in [6.07, 6.45) is 0.495. The Balaban J connectivity index is 2.03. The number of ether oxygens (including phenoxy) is 3. The summed E-state index contributed by atoms with van der Waals surface area (Å²) in [6.45, 7) is 2.93. The number of carbonyl (C=O) groups excluding carboxylic acids is 2. The van der Waals surface area contributed by atoms with E-state index >= 15 is 0 Å². The summed E-state index contributed by atoms with van der Waals surface area (Å²) in [5.74, 6) is 0.710. The van der Waals surface area contributed by atoms with Gasteiger partial charge in [0.25, 0.3) is 11.8 Å². The molecule has 0 aliphatic rings. The third kappa shape index (κ3) is 6.80. The Morgan fingerprint density at radius 3 is 2.34 bits per heavy atom. The van der Waals surface area contributed by atoms with Gasteiger partial charge in [-0.25, -0.2) is 0 Å². The highest BCUT2D eigenvalue weighted by molar-refractivity contribution is 6.04. The zero-order valence-corrected chi connectivity index (χ0v) is 17.1. The van der Waals surface area contributed by atoms with Crippen LogP contribution < -0.4 is 20.1 Å². The van der Waals surface area contributed by atoms with Crippen LogP contribution in [0.2, 0.25) is 0 Å². The normalized spacial score (nSPS) is 11.4. The molecule has 2 aromatic rings. The zero-order chi connectivity index (χ0) is 21.1. The molecule has 7 nitrogen and oxygen atoms in total. The third-order valence-electron chi connectivity index (χ3n) is 4.24. The summed E-state index contributed by atoms with van der Waals surface area (Å²) in [5, 5.41) is 5.64. The highest BCUT2D eigenvalue weighted by Gasteiger charge is 2.21. The Kier molecular flexibility index (Phi) is 8.98. The average Bonchev–Trinajstić information content (AvgIpc) is 2.75. The standard InChI is InChI=1S/C22H28N2O5/c1-4-20(29-17-12-10-16(28-3)11-13-17)22(26)24-19-9-6-5-8-18(19)21(25)23-14-7-15-27-2/h5-6,8-13,20H,4,7,14-15H2,1-3H3,(H,23,25)(H,24,26)/t20-/m1/s1. The predicted octanol–water partition coefficient (Wildman–Crippen LogP) is 3.26. The quantitative estimate of drug-likeness (QED) is 0.566. The van der Waals surface area contributed by atoms with Crippen LogP contribution >= 0.6 is 0 Å². The lowest BCUT2D eigenvalue weighted by Crippen LogP contribution is -2.33. The Bertz CT molecular complexity index is 792. The minimum Gasteiger partial charge on any atom is -0.497 e. The van der Waals surface area contributed by atoms with Gasteiger partial charge in [-0.3, -0.25) is 9.59 Å². The molecule has 0 aliphatic carbocycles. The van der Waals surface area contributed by atoms with E-state index in [0.29, 0.717) is 48.7 Å². The lowest BCUT2D eigenvalue weighted by atomic mass is 10.1. The van der Waals surface area contributed by atoms with E-state index in [1.54, 1.807) is 62.8 Å². The van der Waals surface area contributed by atoms with Gasteiger partial charge in [0.05, 0.1) is 18.4 Å². The van der Waals surface area contributed by atoms with E-state index in [9.17, 15) is 9.59 Å². The first-order valence-electron chi connectivity index (χ1n) is 9.56. The van der Waals surface area contributed by atoms with Gasteiger partial charge in [-0.2, -0.15) is 0 Å². The van der Waals surface area contributed by atoms with Crippen LogP contribution in [0.5, 0.6) is 11.5 Å². The number of amides is 2. The fraction of sp³-hybridized carbons (Fsp3) is 0.364. The van der Waals surface area contributed by atoms with E-state index in [2.05, 4.69) is 10.6 Å². The molecule has 0 unspecified atom stereocenters. The lowest BCUT2D eigenvalue weighted by molar-refractivity contribution is -0.122. The predicted molar refractivity (Wildman–Crippen MR) is 112 cm³/mol. The largest absolute Gasteiger partial charge is 0.497 e. The number of carbonyl (C=O) groups is 2. The molecule has 0 aliphatic heterocycles. The van der Waals surface area contributed by atoms with Crippen LogP contribution in [-0.4, -0.2) is 45.3 Å². The Hall–Kier alpha value is -3.06. The van der Waals surface area contributed by atoms with E-state index in [0.717, 1.165) is 0 Å². The van der Waals surface area contributed by atoms with Crippen LogP contribution in [0.15, 0.2) is 48.5 Å². The van der Waals surface area contributed by atoms with E-state index in [1.807, 2.05) is 6.92 Å². The zero-order valence-electron chi connectivity index (χ0n) is 17.1. The Morgan fingerprint density at radius 1 is 1.00 bits per heavy atom. The number of rotatable bonds is 11. The molecule has 0 aromatic heterocycles. The van der Waals surface area contributed by atoms with Gasteiger partial charge in [-0.05, 0) is 49.2 Å². The van der Waals surface area contributed by atoms with Gasteiger partial charge in [0.1, 0.15) is 11.5 Å². The molecule has 0 radical (unpaired) electrons. The fourth-order valence-electron chi connectivity index (χ4n) is 2.66. The van der Waals surface area contributed by atoms with Gasteiger partial charge >= 0.3 is 0 Å². The summed E-state index contributed by atoms with van der Waals surface area (Å²) >= 11 is 0. The van der Waals surface area contributed by atoms with Crippen molar-refractivity contribution in [3.8, 4) is 11.5 Å². The highest BCUT2D eigenvalue weighted by atomic mass is 16.5. The van der Waals surface area contributed by atoms with Crippen LogP contribution in [-0.2, 0) is 9.53 Å². The maximum absolute atomic E-state index is 12.7. The summed E-state index contributed by atoms with van der Waals surface area (Å²) in [5.41, 5.74) is 0.844. The molecule has 2 amide bonds. The number of methoxy groups -OCH3 is 2. The maximum Gasteiger partial charge on any atom is 0.265 e. The number of hydrogen-bond acceptors (Lipinski definition) is 5. The molecule has 0 spiro atoms. The van der Waals surface area contributed by atoms with Crippen LogP contribution in [0, 0.1) is 0 Å². The number of para-hydroxylation sites is 1. The first-order chi connectivity index (χ1) is 14.1. The van der Waals surface area contributed by atoms with E-state index in [4.69, 9.17) is 14.2 Å². The van der Waals surface area contributed by atoms with Crippen molar-refractivity contribution in [2.24, 2.45) is 0 Å². The first kappa shape index (κ1) is 22.2. The second-order valence-electron chi connectivity index (χ2n) is 6.33. The molecule has 2 rings (SSSR count). The smallest absolute Gasteiger partial charge is 0.265 e. The summed E-state index contributed by atoms with van der Waals surface area (Å²) in [4.78, 5) is 25.2. The van der Waals surface area contributed by atoms with Gasteiger partial charge in [0.15, 0.2) is 6.10 Å². The van der Waals surface area contributed by atoms with Gasteiger partial charge in [0, 0.05) is 20.3 Å². The van der Waals surface area contributed by atoms with Crippen molar-refractivity contribution in [1.29, 1.82) is 0 Å². The van der Waals surface area contributed by atoms with Crippen molar-refractivity contribution in [1.82, 2.24) is 5.32 Å². The number of nitrogens with one attached hydrogen (secondary N) is 2. The molecular formula is C22H28N2O5. The van der Waals surface area contributed by atoms with Crippen molar-refractivity contribution < 1.29 is 23.8 Å². The summed E-state index contributed by atoms with van der Waals surface area (Å²) in [7, 11) is 3.20. The molecule has 0 heterocycles. The van der Waals surface area contributed by atoms with E-state index < -0.39 is 6.10 Å². The molecule has 0 saturated heterocycles. The molecule has 156 valence electrons. The molecule has 0 saturated carbocycles. The van der Waals surface area contributed by atoms with Crippen LogP contribution in [0.4, 0.5) is 5.69 Å². The Labute approximate surface area is 171 Å². The molecule has 0 fully saturated rings. The number of hydrogen-bond donors (Lipinski definition) is 2. The minimum atomic E-state index is -0.693. The fourth-order valence-corrected chi connectivity index (χ4v) is 2.66. The second kappa shape index (κ2) is 11.7. The lowest BCUT2D eigenvalue weighted by Gasteiger charge is -2.18. The molecule has 2 N–H and O–H groups in total. The van der Waals surface area contributed by atoms with Crippen molar-refractivity contribution >= 4 is 17.5 Å². The van der Waals surface area contributed by atoms with Crippen LogP contribution in [0.25, 0.3) is 0 Å². The number of benzene rings is 2. The van der Waals surface area contributed by atoms with Gasteiger partial charge < -0.3 is 24.8 Å². The molecule has 2 aromatic carbocycles. The molecule has 1 atom stereocenters. The van der Waals surface area contributed by atoms with Gasteiger partial charge in [0.2, 0.25) is 0 Å². The Morgan fingerprint density at radius 2 is 1.69 bits per heavy atom. The molecule has 29 heavy (non-hydrogen) atoms. The second-order valence-corrected chi connectivity index (χ2v) is 6.33. The summed E-state index contributed by atoms with van der Waals surface area (Å²) in [6, 6.07) is 13.9. The van der Waals surface area contributed by atoms with Crippen LogP contribution in [0.1, 0.15) is 30.1 Å². The van der Waals surface area contributed by atoms with Crippen LogP contribution in [0.3, 0.4) is 0 Å². The molecule has 0 bridgehead atoms. The number of anilines is 1. The van der Waals surface area contributed by atoms with Gasteiger partial charge in [-0.1, -0.05) is 19.1 Å². The van der Waals surface area contributed by atoms with Crippen molar-refractivity contribution in [2.45, 2.75) is 25.9 Å². The first-order valence-corrected chi connectivity index (χ1v) is 9.56. The molecule has 7 heteroatoms. The summed E-state index contributed by atoms with van der Waals surface area (Å²) < 4.78 is 15.9. The average molecular weight is 400 g/mol. The molecular weight excluding hydrogens is 372 g/mol. The van der Waals surface area contributed by atoms with Crippen molar-refractivity contribution in [3.63, 3.8) is 0 Å². The van der Waals surface area contributed by atoms with Crippen molar-refractivity contribution in [3.05, 3.63) is 54.1 Å². The topological polar surface area (TPSA) is 85.9 Å². The maximum atomic E-state index is 12.7. The minimum absolute atomic E-state index is 0.249. The van der Waals surface area contributed by atoms with Gasteiger partial charge in [-0.15, -0.1) is 0 Å².